The third-order valence-electron chi connectivity index (χ3n) is 4.51. The van der Waals surface area contributed by atoms with Crippen molar-refractivity contribution >= 4 is 28.8 Å². The fourth-order valence-electron chi connectivity index (χ4n) is 3.27. The molecular weight excluding hydrogens is 350 g/mol. The molecule has 0 spiro atoms. The molecule has 6 heteroatoms. The van der Waals surface area contributed by atoms with Crippen LogP contribution in [0.5, 0.6) is 5.75 Å². The smallest absolute Gasteiger partial charge is 0.295 e. The summed E-state index contributed by atoms with van der Waals surface area (Å²) in [7, 11) is 1.57. The summed E-state index contributed by atoms with van der Waals surface area (Å²) in [5.41, 5.74) is 1.45. The number of carbonyl (C=O) groups is 2. The summed E-state index contributed by atoms with van der Waals surface area (Å²) in [6.07, 6.45) is 0.733. The number of Topliss-reactive ketones (excluding diaryl/α,β-unsaturated/α-hetero) is 1. The van der Waals surface area contributed by atoms with E-state index in [1.54, 1.807) is 30.2 Å². The number of aliphatic hydroxyl groups excluding tert-OH is 1. The monoisotopic (exact) mass is 371 g/mol. The van der Waals surface area contributed by atoms with Crippen LogP contribution in [0, 0.1) is 6.92 Å². The van der Waals surface area contributed by atoms with E-state index in [2.05, 4.69) is 0 Å². The van der Waals surface area contributed by atoms with Gasteiger partial charge in [0.1, 0.15) is 11.5 Å². The van der Waals surface area contributed by atoms with E-state index in [-0.39, 0.29) is 11.3 Å². The van der Waals surface area contributed by atoms with Crippen molar-refractivity contribution < 1.29 is 19.4 Å². The van der Waals surface area contributed by atoms with Gasteiger partial charge < -0.3 is 14.7 Å². The number of carbonyl (C=O) groups excluding carboxylic acids is 2. The van der Waals surface area contributed by atoms with Gasteiger partial charge in [-0.15, -0.1) is 11.3 Å². The maximum Gasteiger partial charge on any atom is 0.295 e. The molecule has 1 unspecified atom stereocenters. The molecule has 0 aliphatic carbocycles. The molecule has 5 nitrogen and oxygen atoms in total. The third kappa shape index (κ3) is 3.01. The van der Waals surface area contributed by atoms with E-state index in [0.717, 1.165) is 16.9 Å². The minimum absolute atomic E-state index is 0.138. The van der Waals surface area contributed by atoms with E-state index < -0.39 is 17.7 Å². The first-order valence-corrected chi connectivity index (χ1v) is 9.34. The zero-order valence-corrected chi connectivity index (χ0v) is 15.8. The highest BCUT2D eigenvalue weighted by atomic mass is 32.1. The molecule has 1 aromatic carbocycles. The number of nitrogens with zero attached hydrogens (tertiary/aromatic N) is 1. The van der Waals surface area contributed by atoms with Crippen LogP contribution in [0.25, 0.3) is 5.76 Å². The molecule has 26 heavy (non-hydrogen) atoms. The van der Waals surface area contributed by atoms with Crippen LogP contribution in [-0.4, -0.2) is 35.4 Å². The Morgan fingerprint density at radius 2 is 2.08 bits per heavy atom. The lowest BCUT2D eigenvalue weighted by Gasteiger charge is -2.23. The van der Waals surface area contributed by atoms with Crippen molar-refractivity contribution in [1.82, 2.24) is 4.90 Å². The number of methoxy groups -OCH3 is 1. The van der Waals surface area contributed by atoms with Crippen LogP contribution in [-0.2, 0) is 9.59 Å². The number of thiophene rings is 1. The first-order chi connectivity index (χ1) is 12.5. The lowest BCUT2D eigenvalue weighted by Crippen LogP contribution is -2.30. The molecule has 0 bridgehead atoms. The minimum atomic E-state index is -0.635. The van der Waals surface area contributed by atoms with Gasteiger partial charge >= 0.3 is 0 Å². The molecule has 1 atom stereocenters. The Kier molecular flexibility index (Phi) is 5.13. The largest absolute Gasteiger partial charge is 0.507 e. The van der Waals surface area contributed by atoms with Crippen LogP contribution in [0.1, 0.15) is 35.4 Å². The van der Waals surface area contributed by atoms with Crippen molar-refractivity contribution in [2.24, 2.45) is 0 Å². The maximum atomic E-state index is 12.7. The first kappa shape index (κ1) is 18.2. The van der Waals surface area contributed by atoms with Crippen LogP contribution in [0.4, 0.5) is 0 Å². The molecule has 0 radical (unpaired) electrons. The second-order valence-corrected chi connectivity index (χ2v) is 7.17. The quantitative estimate of drug-likeness (QED) is 0.492. The molecule has 0 saturated carbocycles. The van der Waals surface area contributed by atoms with Crippen molar-refractivity contribution in [3.8, 4) is 5.75 Å². The fraction of sp³-hybridized carbons (Fsp3) is 0.300. The molecule has 1 saturated heterocycles. The Labute approximate surface area is 156 Å². The Balaban J connectivity index is 2.17. The summed E-state index contributed by atoms with van der Waals surface area (Å²) >= 11 is 1.47. The Bertz CT molecular complexity index is 870. The van der Waals surface area contributed by atoms with E-state index >= 15 is 0 Å². The normalized spacial score (nSPS) is 19.2. The number of likely N-dealkylation sites (tertiary alicyclic amines) is 1. The number of aryl methyl sites for hydroxylation is 1. The zero-order valence-electron chi connectivity index (χ0n) is 15.0. The predicted molar refractivity (Wildman–Crippen MR) is 101 cm³/mol. The molecule has 1 aliphatic rings. The number of benzene rings is 1. The van der Waals surface area contributed by atoms with Crippen molar-refractivity contribution in [2.75, 3.05) is 13.7 Å². The molecule has 2 aromatic rings. The van der Waals surface area contributed by atoms with E-state index in [0.29, 0.717) is 17.9 Å². The standard InChI is InChI=1S/C20H21NO4S/c1-4-9-21-17(15-6-5-10-26-15)16(19(23)20(21)24)18(22)14-8-7-13(25-3)11-12(14)2/h5-8,10-11,17,22H,4,9H2,1-3H3/b18-16-. The van der Waals surface area contributed by atoms with Crippen molar-refractivity contribution in [3.05, 3.63) is 57.3 Å². The number of hydrogen-bond donors (Lipinski definition) is 1. The highest BCUT2D eigenvalue weighted by molar-refractivity contribution is 7.10. The van der Waals surface area contributed by atoms with Gasteiger partial charge in [0.05, 0.1) is 18.7 Å². The Hall–Kier alpha value is -2.60. The summed E-state index contributed by atoms with van der Waals surface area (Å²) in [5.74, 6) is -0.664. The summed E-state index contributed by atoms with van der Waals surface area (Å²) < 4.78 is 5.20. The molecule has 1 aromatic heterocycles. The minimum Gasteiger partial charge on any atom is -0.507 e. The van der Waals surface area contributed by atoms with Gasteiger partial charge in [-0.1, -0.05) is 13.0 Å². The number of ketones is 1. The van der Waals surface area contributed by atoms with E-state index in [1.165, 1.54) is 11.3 Å². The summed E-state index contributed by atoms with van der Waals surface area (Å²) in [5, 5.41) is 12.9. The number of hydrogen-bond acceptors (Lipinski definition) is 5. The maximum absolute atomic E-state index is 12.7. The average Bonchev–Trinajstić information content (AvgIpc) is 3.24. The lowest BCUT2D eigenvalue weighted by molar-refractivity contribution is -0.139. The van der Waals surface area contributed by atoms with Gasteiger partial charge in [0.25, 0.3) is 11.7 Å². The van der Waals surface area contributed by atoms with Crippen LogP contribution in [0.2, 0.25) is 0 Å². The topological polar surface area (TPSA) is 66.8 Å². The molecule has 1 aliphatic heterocycles. The molecular formula is C20H21NO4S. The van der Waals surface area contributed by atoms with Crippen molar-refractivity contribution in [2.45, 2.75) is 26.3 Å². The molecule has 3 rings (SSSR count). The van der Waals surface area contributed by atoms with Gasteiger partial charge in [-0.25, -0.2) is 0 Å². The van der Waals surface area contributed by atoms with Gasteiger partial charge in [0, 0.05) is 17.0 Å². The molecule has 1 amide bonds. The van der Waals surface area contributed by atoms with Crippen LogP contribution in [0.15, 0.2) is 41.3 Å². The first-order valence-electron chi connectivity index (χ1n) is 8.46. The van der Waals surface area contributed by atoms with Gasteiger partial charge in [0.2, 0.25) is 0 Å². The highest BCUT2D eigenvalue weighted by Gasteiger charge is 2.46. The summed E-state index contributed by atoms with van der Waals surface area (Å²) in [6, 6.07) is 8.45. The number of amides is 1. The predicted octanol–water partition coefficient (Wildman–Crippen LogP) is 3.90. The van der Waals surface area contributed by atoms with Crippen molar-refractivity contribution in [1.29, 1.82) is 0 Å². The Morgan fingerprint density at radius 1 is 1.31 bits per heavy atom. The second kappa shape index (κ2) is 7.33. The lowest BCUT2D eigenvalue weighted by atomic mass is 9.97. The van der Waals surface area contributed by atoms with Crippen molar-refractivity contribution in [3.63, 3.8) is 0 Å². The average molecular weight is 371 g/mol. The Morgan fingerprint density at radius 3 is 2.65 bits per heavy atom. The van der Waals surface area contributed by atoms with Crippen LogP contribution < -0.4 is 4.74 Å². The SMILES string of the molecule is CCCN1C(=O)C(=O)/C(=C(\O)c2ccc(OC)cc2C)C1c1cccs1. The van der Waals surface area contributed by atoms with Crippen LogP contribution >= 0.6 is 11.3 Å². The number of aliphatic hydroxyl groups is 1. The molecule has 1 N–H and O–H groups in total. The summed E-state index contributed by atoms with van der Waals surface area (Å²) in [6.45, 7) is 4.25. The van der Waals surface area contributed by atoms with Gasteiger partial charge in [-0.05, 0) is 48.6 Å². The molecule has 136 valence electrons. The van der Waals surface area contributed by atoms with E-state index in [4.69, 9.17) is 4.74 Å². The van der Waals surface area contributed by atoms with Gasteiger partial charge in [0.15, 0.2) is 0 Å². The zero-order chi connectivity index (χ0) is 18.8. The van der Waals surface area contributed by atoms with Crippen LogP contribution in [0.3, 0.4) is 0 Å². The molecule has 1 fully saturated rings. The summed E-state index contributed by atoms with van der Waals surface area (Å²) in [4.78, 5) is 27.7. The number of ether oxygens (including phenoxy) is 1. The van der Waals surface area contributed by atoms with E-state index in [9.17, 15) is 14.7 Å². The van der Waals surface area contributed by atoms with Gasteiger partial charge in [-0.3, -0.25) is 9.59 Å². The second-order valence-electron chi connectivity index (χ2n) is 6.19. The third-order valence-corrected chi connectivity index (χ3v) is 5.43. The highest BCUT2D eigenvalue weighted by Crippen LogP contribution is 2.41. The van der Waals surface area contributed by atoms with E-state index in [1.807, 2.05) is 31.4 Å². The molecule has 2 heterocycles. The van der Waals surface area contributed by atoms with Gasteiger partial charge in [-0.2, -0.15) is 0 Å². The number of rotatable bonds is 5. The fourth-order valence-corrected chi connectivity index (χ4v) is 4.11.